The summed E-state index contributed by atoms with van der Waals surface area (Å²) in [6.45, 7) is 6.21. The van der Waals surface area contributed by atoms with Crippen LogP contribution in [0.25, 0.3) is 0 Å². The van der Waals surface area contributed by atoms with Crippen molar-refractivity contribution >= 4 is 23.5 Å². The van der Waals surface area contributed by atoms with Gasteiger partial charge in [0.2, 0.25) is 5.88 Å². The molecule has 0 saturated carbocycles. The van der Waals surface area contributed by atoms with Crippen LogP contribution in [0.3, 0.4) is 0 Å². The minimum Gasteiger partial charge on any atom is -0.459 e. The lowest BCUT2D eigenvalue weighted by Crippen LogP contribution is -2.26. The maximum Gasteiger partial charge on any atom is 0.338 e. The van der Waals surface area contributed by atoms with Gasteiger partial charge >= 0.3 is 11.9 Å². The largest absolute Gasteiger partial charge is 0.459 e. The van der Waals surface area contributed by atoms with Gasteiger partial charge in [0.15, 0.2) is 0 Å². The molecule has 0 amide bonds. The molecule has 0 bridgehead atoms. The number of rotatable bonds is 6. The van der Waals surface area contributed by atoms with Crippen LogP contribution >= 0.6 is 11.6 Å². The van der Waals surface area contributed by atoms with Gasteiger partial charge in [0, 0.05) is 10.6 Å². The number of halogens is 1. The van der Waals surface area contributed by atoms with E-state index in [0.29, 0.717) is 10.6 Å². The Morgan fingerprint density at radius 1 is 1.32 bits per heavy atom. The molecule has 1 aromatic rings. The Bertz CT molecular complexity index is 927. The molecule has 28 heavy (non-hydrogen) atoms. The van der Waals surface area contributed by atoms with Gasteiger partial charge in [0.1, 0.15) is 30.6 Å². The van der Waals surface area contributed by atoms with Crippen LogP contribution in [-0.4, -0.2) is 25.2 Å². The van der Waals surface area contributed by atoms with Crippen LogP contribution in [0.2, 0.25) is 5.02 Å². The lowest BCUT2D eigenvalue weighted by Gasteiger charge is -2.27. The highest BCUT2D eigenvalue weighted by Crippen LogP contribution is 2.41. The van der Waals surface area contributed by atoms with E-state index in [-0.39, 0.29) is 41.6 Å². The summed E-state index contributed by atoms with van der Waals surface area (Å²) in [6.07, 6.45) is 0. The molecular formula is C20H19ClN2O5. The van der Waals surface area contributed by atoms with Crippen molar-refractivity contribution in [2.24, 2.45) is 5.73 Å². The van der Waals surface area contributed by atoms with Crippen LogP contribution in [0.1, 0.15) is 25.3 Å². The third-order valence-corrected chi connectivity index (χ3v) is 4.28. The fourth-order valence-electron chi connectivity index (χ4n) is 2.64. The molecule has 0 unspecified atom stereocenters. The molecule has 2 N–H and O–H groups in total. The lowest BCUT2D eigenvalue weighted by molar-refractivity contribution is -0.147. The molecule has 0 radical (unpaired) electrons. The summed E-state index contributed by atoms with van der Waals surface area (Å²) in [5.41, 5.74) is 6.76. The smallest absolute Gasteiger partial charge is 0.338 e. The van der Waals surface area contributed by atoms with Gasteiger partial charge in [0.05, 0.1) is 11.5 Å². The SMILES string of the molecule is C=C(C)C(=O)OCCOC(=O)C1=C(C)OC(N)=C(C#N)[C@H]1c1ccccc1Cl. The molecule has 7 nitrogen and oxygen atoms in total. The van der Waals surface area contributed by atoms with Crippen molar-refractivity contribution in [3.63, 3.8) is 0 Å². The topological polar surface area (TPSA) is 112 Å². The fraction of sp³-hybridized carbons (Fsp3) is 0.250. The average Bonchev–Trinajstić information content (AvgIpc) is 2.64. The second-order valence-corrected chi connectivity index (χ2v) is 6.38. The number of nitrogens with zero attached hydrogens (tertiary/aromatic N) is 1. The predicted octanol–water partition coefficient (Wildman–Crippen LogP) is 3.08. The van der Waals surface area contributed by atoms with E-state index >= 15 is 0 Å². The molecule has 8 heteroatoms. The molecule has 1 aromatic carbocycles. The summed E-state index contributed by atoms with van der Waals surface area (Å²) >= 11 is 6.28. The number of carbonyl (C=O) groups is 2. The zero-order valence-electron chi connectivity index (χ0n) is 15.5. The molecule has 0 fully saturated rings. The highest BCUT2D eigenvalue weighted by atomic mass is 35.5. The zero-order chi connectivity index (χ0) is 20.8. The molecule has 0 saturated heterocycles. The van der Waals surface area contributed by atoms with Gasteiger partial charge in [-0.3, -0.25) is 0 Å². The van der Waals surface area contributed by atoms with Crippen molar-refractivity contribution in [3.8, 4) is 6.07 Å². The average molecular weight is 403 g/mol. The van der Waals surface area contributed by atoms with Crippen molar-refractivity contribution in [2.75, 3.05) is 13.2 Å². The van der Waals surface area contributed by atoms with Crippen molar-refractivity contribution in [3.05, 3.63) is 69.8 Å². The van der Waals surface area contributed by atoms with E-state index in [2.05, 4.69) is 6.58 Å². The Morgan fingerprint density at radius 3 is 2.57 bits per heavy atom. The summed E-state index contributed by atoms with van der Waals surface area (Å²) in [4.78, 5) is 24.1. The molecular weight excluding hydrogens is 384 g/mol. The van der Waals surface area contributed by atoms with Crippen molar-refractivity contribution in [2.45, 2.75) is 19.8 Å². The minimum absolute atomic E-state index is 0.0550. The van der Waals surface area contributed by atoms with Gasteiger partial charge in [-0.1, -0.05) is 36.4 Å². The van der Waals surface area contributed by atoms with Crippen molar-refractivity contribution in [1.82, 2.24) is 0 Å². The molecule has 1 heterocycles. The molecule has 0 spiro atoms. The summed E-state index contributed by atoms with van der Waals surface area (Å²) in [7, 11) is 0. The summed E-state index contributed by atoms with van der Waals surface area (Å²) in [6, 6.07) is 8.78. The van der Waals surface area contributed by atoms with Crippen molar-refractivity contribution in [1.29, 1.82) is 5.26 Å². The number of nitrogens with two attached hydrogens (primary N) is 1. The van der Waals surface area contributed by atoms with E-state index in [1.54, 1.807) is 31.2 Å². The molecule has 1 aliphatic heterocycles. The zero-order valence-corrected chi connectivity index (χ0v) is 16.2. The van der Waals surface area contributed by atoms with E-state index in [4.69, 9.17) is 31.5 Å². The first-order chi connectivity index (χ1) is 13.3. The van der Waals surface area contributed by atoms with E-state index in [0.717, 1.165) is 0 Å². The number of allylic oxidation sites excluding steroid dienone is 2. The first kappa shape index (κ1) is 21.1. The quantitative estimate of drug-likeness (QED) is 0.442. The van der Waals surface area contributed by atoms with Gasteiger partial charge in [-0.2, -0.15) is 5.26 Å². The number of benzene rings is 1. The third-order valence-electron chi connectivity index (χ3n) is 3.94. The predicted molar refractivity (Wildman–Crippen MR) is 102 cm³/mol. The maximum atomic E-state index is 12.7. The monoisotopic (exact) mass is 402 g/mol. The standard InChI is InChI=1S/C20H19ClN2O5/c1-11(2)19(24)26-8-9-27-20(25)16-12(3)28-18(23)14(10-22)17(16)13-6-4-5-7-15(13)21/h4-7,17H,1,8-9,23H2,2-3H3/t17-/m1/s1. The second kappa shape index (κ2) is 9.11. The second-order valence-electron chi connectivity index (χ2n) is 5.97. The number of hydrogen-bond acceptors (Lipinski definition) is 7. The number of nitriles is 1. The third kappa shape index (κ3) is 4.53. The summed E-state index contributed by atoms with van der Waals surface area (Å²) in [5.74, 6) is -2.04. The van der Waals surface area contributed by atoms with E-state index in [9.17, 15) is 14.9 Å². The van der Waals surface area contributed by atoms with Crippen LogP contribution in [0, 0.1) is 11.3 Å². The van der Waals surface area contributed by atoms with Crippen LogP contribution in [0.4, 0.5) is 0 Å². The van der Waals surface area contributed by atoms with Gasteiger partial charge in [0.25, 0.3) is 0 Å². The van der Waals surface area contributed by atoms with E-state index < -0.39 is 17.9 Å². The Labute approximate surface area is 167 Å². The molecule has 2 rings (SSSR count). The van der Waals surface area contributed by atoms with Gasteiger partial charge in [-0.25, -0.2) is 9.59 Å². The maximum absolute atomic E-state index is 12.7. The highest BCUT2D eigenvalue weighted by molar-refractivity contribution is 6.31. The molecule has 1 aliphatic rings. The minimum atomic E-state index is -0.835. The number of carbonyl (C=O) groups excluding carboxylic acids is 2. The normalized spacial score (nSPS) is 16.1. The van der Waals surface area contributed by atoms with Gasteiger partial charge in [-0.05, 0) is 25.5 Å². The Morgan fingerprint density at radius 2 is 1.96 bits per heavy atom. The molecule has 1 atom stereocenters. The van der Waals surface area contributed by atoms with E-state index in [1.807, 2.05) is 6.07 Å². The Kier molecular flexibility index (Phi) is 6.85. The van der Waals surface area contributed by atoms with Crippen molar-refractivity contribution < 1.29 is 23.8 Å². The summed E-state index contributed by atoms with van der Waals surface area (Å²) < 4.78 is 15.5. The molecule has 146 valence electrons. The number of esters is 2. The fourth-order valence-corrected chi connectivity index (χ4v) is 2.88. The van der Waals surface area contributed by atoms with Gasteiger partial charge < -0.3 is 19.9 Å². The Balaban J connectivity index is 2.27. The van der Waals surface area contributed by atoms with Crippen LogP contribution in [0.5, 0.6) is 0 Å². The molecule has 0 aliphatic carbocycles. The first-order valence-electron chi connectivity index (χ1n) is 8.30. The molecule has 0 aromatic heterocycles. The van der Waals surface area contributed by atoms with Crippen LogP contribution in [-0.2, 0) is 23.8 Å². The number of hydrogen-bond donors (Lipinski definition) is 1. The van der Waals surface area contributed by atoms with Gasteiger partial charge in [-0.15, -0.1) is 0 Å². The Hall–Kier alpha value is -3.24. The lowest BCUT2D eigenvalue weighted by atomic mass is 9.83. The van der Waals surface area contributed by atoms with Crippen LogP contribution < -0.4 is 5.73 Å². The highest BCUT2D eigenvalue weighted by Gasteiger charge is 2.37. The number of ether oxygens (including phenoxy) is 3. The van der Waals surface area contributed by atoms with E-state index in [1.165, 1.54) is 6.92 Å². The van der Waals surface area contributed by atoms with Crippen LogP contribution in [0.15, 0.2) is 59.2 Å². The summed E-state index contributed by atoms with van der Waals surface area (Å²) in [5, 5.41) is 9.91. The first-order valence-corrected chi connectivity index (χ1v) is 8.68.